The molecule has 0 N–H and O–H groups in total. The number of hydrogen-bond donors (Lipinski definition) is 0. The molecule has 0 spiro atoms. The van der Waals surface area contributed by atoms with Gasteiger partial charge in [-0.25, -0.2) is 14.2 Å². The molecule has 4 heterocycles. The molecular weight excluding hydrogens is 543 g/mol. The van der Waals surface area contributed by atoms with Gasteiger partial charge in [0.2, 0.25) is 0 Å². The second-order valence-electron chi connectivity index (χ2n) is 13.5. The lowest BCUT2D eigenvalue weighted by molar-refractivity contribution is 0.000343. The van der Waals surface area contributed by atoms with Gasteiger partial charge in [0, 0.05) is 62.3 Å². The van der Waals surface area contributed by atoms with Gasteiger partial charge in [0.1, 0.15) is 29.1 Å². The monoisotopic (exact) mass is 590 g/mol. The lowest BCUT2D eigenvalue weighted by Crippen LogP contribution is -2.61. The smallest absolute Gasteiger partial charge is 0.410 e. The number of aromatic nitrogens is 1. The summed E-state index contributed by atoms with van der Waals surface area (Å²) in [6, 6.07) is 11.9. The number of halogens is 1. The Morgan fingerprint density at radius 3 is 2.47 bits per heavy atom. The number of benzene rings is 1. The average molecular weight is 591 g/mol. The molecule has 0 radical (unpaired) electrons. The van der Waals surface area contributed by atoms with Crippen molar-refractivity contribution in [2.45, 2.75) is 98.1 Å². The van der Waals surface area contributed by atoms with Gasteiger partial charge in [-0.05, 0) is 65.5 Å². The summed E-state index contributed by atoms with van der Waals surface area (Å²) in [4.78, 5) is 31.7. The number of ether oxygens (including phenoxy) is 1. The third kappa shape index (κ3) is 6.56. The summed E-state index contributed by atoms with van der Waals surface area (Å²) in [6.45, 7) is 19.6. The predicted octanol–water partition coefficient (Wildman–Crippen LogP) is 6.40. The Labute approximate surface area is 256 Å². The van der Waals surface area contributed by atoms with E-state index in [9.17, 15) is 4.79 Å². The van der Waals surface area contributed by atoms with Crippen molar-refractivity contribution < 1.29 is 13.9 Å². The maximum atomic E-state index is 15.7. The first kappa shape index (κ1) is 31.0. The van der Waals surface area contributed by atoms with Gasteiger partial charge in [0.15, 0.2) is 0 Å². The SMILES string of the molecule is CC(C)c1nccc(F)c1N1C2=C(CCN(Cc3ccccc3)C2)C(N2C[C@@H](C)N(C(=O)OC(C)(C)C)C[C@@H]2C)=NC1C. The third-order valence-electron chi connectivity index (χ3n) is 8.47. The Bertz CT molecular complexity index is 1380. The summed E-state index contributed by atoms with van der Waals surface area (Å²) in [5.74, 6) is 0.749. The number of rotatable bonds is 4. The van der Waals surface area contributed by atoms with Crippen LogP contribution in [0.15, 0.2) is 58.9 Å². The molecule has 8 nitrogen and oxygen atoms in total. The van der Waals surface area contributed by atoms with Crippen LogP contribution in [0.25, 0.3) is 0 Å². The number of amidine groups is 1. The Balaban J connectivity index is 1.51. The minimum absolute atomic E-state index is 0.0404. The number of anilines is 1. The molecule has 1 fully saturated rings. The zero-order valence-electron chi connectivity index (χ0n) is 27.0. The van der Waals surface area contributed by atoms with Gasteiger partial charge < -0.3 is 19.4 Å². The molecule has 2 aromatic rings. The Kier molecular flexibility index (Phi) is 8.84. The molecule has 43 heavy (non-hydrogen) atoms. The Morgan fingerprint density at radius 2 is 1.79 bits per heavy atom. The number of carbonyl (C=O) groups is 1. The van der Waals surface area contributed by atoms with Crippen molar-refractivity contribution in [3.05, 3.63) is 70.9 Å². The van der Waals surface area contributed by atoms with E-state index in [0.717, 1.165) is 42.3 Å². The fourth-order valence-electron chi connectivity index (χ4n) is 6.45. The van der Waals surface area contributed by atoms with Gasteiger partial charge in [-0.2, -0.15) is 0 Å². The highest BCUT2D eigenvalue weighted by Crippen LogP contribution is 2.39. The second kappa shape index (κ2) is 12.3. The van der Waals surface area contributed by atoms with E-state index in [1.165, 1.54) is 11.6 Å². The molecule has 0 aliphatic carbocycles. The number of piperazine rings is 1. The van der Waals surface area contributed by atoms with E-state index in [4.69, 9.17) is 9.73 Å². The largest absolute Gasteiger partial charge is 0.444 e. The first-order chi connectivity index (χ1) is 20.3. The van der Waals surface area contributed by atoms with Crippen LogP contribution < -0.4 is 4.90 Å². The lowest BCUT2D eigenvalue weighted by atomic mass is 9.95. The maximum Gasteiger partial charge on any atom is 0.410 e. The molecule has 0 saturated carbocycles. The molecular formula is C34H47FN6O2. The van der Waals surface area contributed by atoms with E-state index < -0.39 is 5.60 Å². The number of amides is 1. The van der Waals surface area contributed by atoms with Gasteiger partial charge in [-0.3, -0.25) is 9.88 Å². The van der Waals surface area contributed by atoms with Crippen LogP contribution in [0.5, 0.6) is 0 Å². The van der Waals surface area contributed by atoms with E-state index in [1.807, 2.05) is 38.7 Å². The van der Waals surface area contributed by atoms with Crippen molar-refractivity contribution in [2.75, 3.05) is 31.1 Å². The topological polar surface area (TPSA) is 64.5 Å². The first-order valence-electron chi connectivity index (χ1n) is 15.6. The van der Waals surface area contributed by atoms with Crippen molar-refractivity contribution >= 4 is 17.6 Å². The summed E-state index contributed by atoms with van der Waals surface area (Å²) in [6.07, 6.45) is 1.76. The number of hydrogen-bond acceptors (Lipinski definition) is 7. The zero-order valence-corrected chi connectivity index (χ0v) is 27.0. The van der Waals surface area contributed by atoms with Crippen molar-refractivity contribution in [1.82, 2.24) is 19.7 Å². The quantitative estimate of drug-likeness (QED) is 0.411. The molecule has 232 valence electrons. The minimum Gasteiger partial charge on any atom is -0.444 e. The van der Waals surface area contributed by atoms with Crippen molar-refractivity contribution in [1.29, 1.82) is 0 Å². The maximum absolute atomic E-state index is 15.7. The van der Waals surface area contributed by atoms with Gasteiger partial charge in [-0.1, -0.05) is 44.2 Å². The molecule has 3 aliphatic heterocycles. The number of pyridine rings is 1. The van der Waals surface area contributed by atoms with Gasteiger partial charge in [-0.15, -0.1) is 0 Å². The van der Waals surface area contributed by atoms with Crippen LogP contribution in [0, 0.1) is 5.82 Å². The summed E-state index contributed by atoms with van der Waals surface area (Å²) in [5.41, 5.74) is 4.22. The van der Waals surface area contributed by atoms with E-state index in [0.29, 0.717) is 25.3 Å². The van der Waals surface area contributed by atoms with Gasteiger partial charge in [0.25, 0.3) is 0 Å². The van der Waals surface area contributed by atoms with E-state index in [2.05, 4.69) is 71.6 Å². The molecule has 1 aromatic heterocycles. The molecule has 1 unspecified atom stereocenters. The highest BCUT2D eigenvalue weighted by molar-refractivity contribution is 6.01. The minimum atomic E-state index is -0.548. The van der Waals surface area contributed by atoms with Crippen molar-refractivity contribution in [2.24, 2.45) is 4.99 Å². The molecule has 3 aliphatic rings. The highest BCUT2D eigenvalue weighted by Gasteiger charge is 2.41. The summed E-state index contributed by atoms with van der Waals surface area (Å²) < 4.78 is 21.5. The van der Waals surface area contributed by atoms with Crippen molar-refractivity contribution in [3.8, 4) is 0 Å². The number of nitrogens with zero attached hydrogens (tertiary/aromatic N) is 6. The fourth-order valence-corrected chi connectivity index (χ4v) is 6.45. The van der Waals surface area contributed by atoms with Crippen LogP contribution in [0.1, 0.15) is 79.0 Å². The predicted molar refractivity (Wildman–Crippen MR) is 170 cm³/mol. The van der Waals surface area contributed by atoms with Crippen molar-refractivity contribution in [3.63, 3.8) is 0 Å². The van der Waals surface area contributed by atoms with Crippen LogP contribution in [0.2, 0.25) is 0 Å². The van der Waals surface area contributed by atoms with Crippen LogP contribution in [-0.2, 0) is 11.3 Å². The molecule has 1 amide bonds. The van der Waals surface area contributed by atoms with Crippen LogP contribution in [-0.4, -0.2) is 81.6 Å². The summed E-state index contributed by atoms with van der Waals surface area (Å²) in [7, 11) is 0. The highest BCUT2D eigenvalue weighted by atomic mass is 19.1. The average Bonchev–Trinajstić information content (AvgIpc) is 2.93. The number of aliphatic imine (C=N–C) groups is 1. The normalized spacial score (nSPS) is 23.4. The van der Waals surface area contributed by atoms with Crippen LogP contribution >= 0.6 is 0 Å². The van der Waals surface area contributed by atoms with E-state index in [1.54, 1.807) is 6.20 Å². The lowest BCUT2D eigenvalue weighted by Gasteiger charge is -2.49. The fraction of sp³-hybridized carbons (Fsp3) is 0.559. The van der Waals surface area contributed by atoms with Gasteiger partial charge in [0.05, 0.1) is 5.69 Å². The van der Waals surface area contributed by atoms with E-state index >= 15 is 4.39 Å². The molecule has 1 saturated heterocycles. The molecule has 1 aromatic carbocycles. The Morgan fingerprint density at radius 1 is 1.07 bits per heavy atom. The first-order valence-corrected chi connectivity index (χ1v) is 15.6. The van der Waals surface area contributed by atoms with E-state index in [-0.39, 0.29) is 36.1 Å². The molecule has 0 bridgehead atoms. The molecule has 5 rings (SSSR count). The second-order valence-corrected chi connectivity index (χ2v) is 13.5. The summed E-state index contributed by atoms with van der Waals surface area (Å²) in [5, 5.41) is 0. The third-order valence-corrected chi connectivity index (χ3v) is 8.47. The zero-order chi connectivity index (χ0) is 31.1. The molecule has 3 atom stereocenters. The van der Waals surface area contributed by atoms with Crippen LogP contribution in [0.3, 0.4) is 0 Å². The Hall–Kier alpha value is -3.46. The van der Waals surface area contributed by atoms with Crippen LogP contribution in [0.4, 0.5) is 14.9 Å². The van der Waals surface area contributed by atoms with Gasteiger partial charge >= 0.3 is 6.09 Å². The summed E-state index contributed by atoms with van der Waals surface area (Å²) >= 11 is 0. The standard InChI is InChI=1S/C34H47FN6O2/c1-22(2)30-31(28(35)14-16-36-30)41-25(5)37-32(27-15-17-38(21-29(27)41)20-26-12-10-9-11-13-26)39-18-24(4)40(19-23(39)3)33(42)43-34(6,7)8/h9-14,16,22-25H,15,17-21H2,1-8H3/t23-,24+,25?/m0/s1. The number of carbonyl (C=O) groups excluding carboxylic acids is 1. The molecule has 9 heteroatoms.